The molecule has 0 bridgehead atoms. The topological polar surface area (TPSA) is 77.4 Å². The van der Waals surface area contributed by atoms with Gasteiger partial charge < -0.3 is 14.2 Å². The third kappa shape index (κ3) is 3.85. The quantitative estimate of drug-likeness (QED) is 0.629. The van der Waals surface area contributed by atoms with Crippen LogP contribution in [0.4, 0.5) is 0 Å². The highest BCUT2D eigenvalue weighted by Gasteiger charge is 2.47. The number of amides is 1. The first-order valence-corrected chi connectivity index (χ1v) is 10.6. The molecule has 1 saturated heterocycles. The Hall–Kier alpha value is -2.48. The molecule has 2 heterocycles. The number of allylic oxidation sites excluding steroid dienone is 1. The van der Waals surface area contributed by atoms with Crippen molar-refractivity contribution in [2.45, 2.75) is 45.4 Å². The maximum Gasteiger partial charge on any atom is 0.338 e. The zero-order chi connectivity index (χ0) is 21.1. The Morgan fingerprint density at radius 3 is 2.48 bits per heavy atom. The Morgan fingerprint density at radius 1 is 1.17 bits per heavy atom. The van der Waals surface area contributed by atoms with Crippen molar-refractivity contribution in [3.63, 3.8) is 0 Å². The third-order valence-electron chi connectivity index (χ3n) is 4.81. The minimum absolute atomic E-state index is 0.0537. The van der Waals surface area contributed by atoms with Crippen LogP contribution < -0.4 is 9.47 Å². The summed E-state index contributed by atoms with van der Waals surface area (Å²) in [5.41, 5.74) is 1.65. The second-order valence-corrected chi connectivity index (χ2v) is 7.75. The van der Waals surface area contributed by atoms with Crippen LogP contribution in [0, 0.1) is 0 Å². The predicted octanol–water partition coefficient (Wildman–Crippen LogP) is 3.70. The van der Waals surface area contributed by atoms with E-state index in [9.17, 15) is 9.59 Å². The summed E-state index contributed by atoms with van der Waals surface area (Å²) in [5.74, 6) is 0.641. The monoisotopic (exact) mass is 418 g/mol. The number of hydrogen-bond acceptors (Lipinski definition) is 7. The molecule has 1 aromatic carbocycles. The van der Waals surface area contributed by atoms with Gasteiger partial charge in [0.2, 0.25) is 5.91 Å². The second kappa shape index (κ2) is 8.90. The summed E-state index contributed by atoms with van der Waals surface area (Å²) in [5, 5.41) is 0.402. The van der Waals surface area contributed by atoms with Crippen LogP contribution in [-0.4, -0.2) is 47.5 Å². The maximum atomic E-state index is 13.1. The van der Waals surface area contributed by atoms with Gasteiger partial charge in [0.25, 0.3) is 0 Å². The van der Waals surface area contributed by atoms with Crippen molar-refractivity contribution in [1.29, 1.82) is 0 Å². The molecule has 0 aliphatic carbocycles. The summed E-state index contributed by atoms with van der Waals surface area (Å²) in [7, 11) is 1.33. The fourth-order valence-electron chi connectivity index (χ4n) is 3.51. The van der Waals surface area contributed by atoms with Gasteiger partial charge in [-0.15, -0.1) is 0 Å². The van der Waals surface area contributed by atoms with E-state index in [4.69, 9.17) is 14.2 Å². The van der Waals surface area contributed by atoms with Gasteiger partial charge in [-0.05, 0) is 44.9 Å². The molecule has 8 heteroatoms. The zero-order valence-corrected chi connectivity index (χ0v) is 18.2. The second-order valence-electron chi connectivity index (χ2n) is 6.58. The molecule has 0 radical (unpaired) electrons. The fourth-order valence-corrected chi connectivity index (χ4v) is 4.65. The molecular formula is C21H26N2O5S. The first kappa shape index (κ1) is 21.2. The Balaban J connectivity index is 2.15. The van der Waals surface area contributed by atoms with Gasteiger partial charge in [-0.1, -0.05) is 24.8 Å². The highest BCUT2D eigenvalue weighted by atomic mass is 32.2. The van der Waals surface area contributed by atoms with E-state index in [2.05, 4.69) is 4.99 Å². The lowest BCUT2D eigenvalue weighted by atomic mass is 9.94. The van der Waals surface area contributed by atoms with E-state index >= 15 is 0 Å². The van der Waals surface area contributed by atoms with Gasteiger partial charge in [0.15, 0.2) is 16.7 Å². The molecule has 1 aromatic rings. The van der Waals surface area contributed by atoms with E-state index in [1.54, 1.807) is 11.8 Å². The zero-order valence-electron chi connectivity index (χ0n) is 17.4. The van der Waals surface area contributed by atoms with Crippen molar-refractivity contribution >= 4 is 28.8 Å². The standard InChI is InChI=1S/C21H26N2O5S/c1-6-16-19(24)23-18(17(20(25)26-5)12(4)22-21(23)29-16)13-9-10-14(27-7-2)15(11-13)28-8-3/h9-11,16,18H,6-8H2,1-5H3/t16-,18+/m0/s1. The Morgan fingerprint density at radius 2 is 1.86 bits per heavy atom. The number of nitrogens with zero attached hydrogens (tertiary/aromatic N) is 2. The SMILES string of the molecule is CCOc1ccc([C@@H]2C(C(=O)OC)=C(C)N=C3S[C@@H](CC)C(=O)N32)cc1OCC. The van der Waals surface area contributed by atoms with Crippen LogP contribution in [0.25, 0.3) is 0 Å². The van der Waals surface area contributed by atoms with Gasteiger partial charge in [0.1, 0.15) is 0 Å². The van der Waals surface area contributed by atoms with E-state index < -0.39 is 12.0 Å². The highest BCUT2D eigenvalue weighted by molar-refractivity contribution is 8.15. The van der Waals surface area contributed by atoms with Crippen LogP contribution in [0.2, 0.25) is 0 Å². The Labute approximate surface area is 175 Å². The summed E-state index contributed by atoms with van der Waals surface area (Å²) < 4.78 is 16.4. The molecule has 2 aliphatic rings. The number of esters is 1. The van der Waals surface area contributed by atoms with Gasteiger partial charge in [0.05, 0.1) is 42.9 Å². The van der Waals surface area contributed by atoms with E-state index in [-0.39, 0.29) is 11.2 Å². The third-order valence-corrected chi connectivity index (χ3v) is 6.13. The van der Waals surface area contributed by atoms with Gasteiger partial charge in [0, 0.05) is 0 Å². The molecule has 1 amide bonds. The molecule has 29 heavy (non-hydrogen) atoms. The molecular weight excluding hydrogens is 392 g/mol. The summed E-state index contributed by atoms with van der Waals surface area (Å²) in [6.45, 7) is 8.51. The molecule has 1 fully saturated rings. The lowest BCUT2D eigenvalue weighted by Gasteiger charge is -2.33. The number of carbonyl (C=O) groups excluding carboxylic acids is 2. The van der Waals surface area contributed by atoms with E-state index in [0.717, 1.165) is 5.56 Å². The molecule has 2 atom stereocenters. The number of aliphatic imine (C=N–C) groups is 1. The van der Waals surface area contributed by atoms with Crippen molar-refractivity contribution in [3.05, 3.63) is 35.0 Å². The van der Waals surface area contributed by atoms with Gasteiger partial charge in [-0.25, -0.2) is 9.79 Å². The number of methoxy groups -OCH3 is 1. The van der Waals surface area contributed by atoms with E-state index in [1.807, 2.05) is 39.0 Å². The lowest BCUT2D eigenvalue weighted by Crippen LogP contribution is -2.40. The molecule has 2 aliphatic heterocycles. The fraction of sp³-hybridized carbons (Fsp3) is 0.476. The number of carbonyl (C=O) groups is 2. The molecule has 0 aromatic heterocycles. The summed E-state index contributed by atoms with van der Waals surface area (Å²) in [6.07, 6.45) is 0.686. The van der Waals surface area contributed by atoms with E-state index in [1.165, 1.54) is 18.9 Å². The van der Waals surface area contributed by atoms with Crippen LogP contribution in [0.5, 0.6) is 11.5 Å². The van der Waals surface area contributed by atoms with Crippen LogP contribution in [0.1, 0.15) is 45.7 Å². The summed E-state index contributed by atoms with van der Waals surface area (Å²) in [6, 6.07) is 4.87. The smallest absolute Gasteiger partial charge is 0.338 e. The number of hydrogen-bond donors (Lipinski definition) is 0. The largest absolute Gasteiger partial charge is 0.490 e. The Kier molecular flexibility index (Phi) is 6.52. The minimum atomic E-state index is -0.624. The van der Waals surface area contributed by atoms with Crippen molar-refractivity contribution < 1.29 is 23.8 Å². The first-order valence-electron chi connectivity index (χ1n) is 9.73. The van der Waals surface area contributed by atoms with Gasteiger partial charge >= 0.3 is 5.97 Å². The molecule has 0 N–H and O–H groups in total. The molecule has 3 rings (SSSR count). The summed E-state index contributed by atoms with van der Waals surface area (Å²) in [4.78, 5) is 31.9. The number of benzene rings is 1. The van der Waals surface area contributed by atoms with Crippen LogP contribution in [-0.2, 0) is 14.3 Å². The number of rotatable bonds is 7. The number of fused-ring (bicyclic) bond motifs is 1. The molecule has 0 unspecified atom stereocenters. The van der Waals surface area contributed by atoms with Crippen molar-refractivity contribution in [2.75, 3.05) is 20.3 Å². The predicted molar refractivity (Wildman–Crippen MR) is 112 cm³/mol. The summed E-state index contributed by atoms with van der Waals surface area (Å²) >= 11 is 1.44. The normalized spacial score (nSPS) is 21.1. The number of thioether (sulfide) groups is 1. The molecule has 156 valence electrons. The molecule has 0 saturated carbocycles. The van der Waals surface area contributed by atoms with Crippen LogP contribution in [0.3, 0.4) is 0 Å². The van der Waals surface area contributed by atoms with E-state index in [0.29, 0.717) is 47.6 Å². The number of amidine groups is 1. The average Bonchev–Trinajstić information content (AvgIpc) is 3.03. The highest BCUT2D eigenvalue weighted by Crippen LogP contribution is 2.45. The molecule has 7 nitrogen and oxygen atoms in total. The van der Waals surface area contributed by atoms with Crippen LogP contribution in [0.15, 0.2) is 34.5 Å². The molecule has 0 spiro atoms. The maximum absolute atomic E-state index is 13.1. The van der Waals surface area contributed by atoms with Crippen LogP contribution >= 0.6 is 11.8 Å². The number of ether oxygens (including phenoxy) is 3. The average molecular weight is 419 g/mol. The van der Waals surface area contributed by atoms with Crippen molar-refractivity contribution in [1.82, 2.24) is 4.90 Å². The lowest BCUT2D eigenvalue weighted by molar-refractivity contribution is -0.137. The van der Waals surface area contributed by atoms with Gasteiger partial charge in [-0.2, -0.15) is 0 Å². The van der Waals surface area contributed by atoms with Gasteiger partial charge in [-0.3, -0.25) is 9.69 Å². The van der Waals surface area contributed by atoms with Crippen molar-refractivity contribution in [2.24, 2.45) is 4.99 Å². The van der Waals surface area contributed by atoms with Crippen molar-refractivity contribution in [3.8, 4) is 11.5 Å². The Bertz CT molecular complexity index is 880. The first-order chi connectivity index (χ1) is 14.0. The minimum Gasteiger partial charge on any atom is -0.490 e.